The lowest BCUT2D eigenvalue weighted by atomic mass is 10.1. The van der Waals surface area contributed by atoms with Gasteiger partial charge in [-0.1, -0.05) is 23.9 Å². The number of thiazole rings is 1. The van der Waals surface area contributed by atoms with Crippen LogP contribution in [-0.2, 0) is 9.59 Å². The number of aromatic nitrogens is 1. The Bertz CT molecular complexity index is 613. The molecule has 2 unspecified atom stereocenters. The van der Waals surface area contributed by atoms with E-state index in [9.17, 15) is 9.59 Å². The van der Waals surface area contributed by atoms with Crippen molar-refractivity contribution in [2.24, 2.45) is 17.4 Å². The summed E-state index contributed by atoms with van der Waals surface area (Å²) in [4.78, 5) is 27.3. The topological polar surface area (TPSA) is 99.1 Å². The second-order valence-corrected chi connectivity index (χ2v) is 6.78. The quantitative estimate of drug-likeness (QED) is 0.621. The van der Waals surface area contributed by atoms with E-state index in [0.29, 0.717) is 4.34 Å². The molecule has 2 atom stereocenters. The molecule has 0 spiro atoms. The number of benzene rings is 1. The third kappa shape index (κ3) is 3.23. The largest absolute Gasteiger partial charge is 0.369 e. The minimum atomic E-state index is -0.814. The Labute approximate surface area is 128 Å². The van der Waals surface area contributed by atoms with Gasteiger partial charge >= 0.3 is 0 Å². The molecule has 2 aromatic rings. The first kappa shape index (κ1) is 15.1. The highest BCUT2D eigenvalue weighted by molar-refractivity contribution is 8.02. The Kier molecular flexibility index (Phi) is 4.85. The van der Waals surface area contributed by atoms with Gasteiger partial charge in [-0.3, -0.25) is 9.59 Å². The predicted molar refractivity (Wildman–Crippen MR) is 81.9 cm³/mol. The highest BCUT2D eigenvalue weighted by Gasteiger charge is 2.32. The van der Waals surface area contributed by atoms with Crippen LogP contribution in [0.25, 0.3) is 10.2 Å². The standard InChI is InChI=1S/C12H12ClN3O2S2/c13-5-6(10(14)17)9(11(15)18)20-12-16-7-3-1-2-4-8(7)19-12/h1-4,6,9H,5H2,(H2,14,17)(H2,15,18). The van der Waals surface area contributed by atoms with Crippen LogP contribution in [0.15, 0.2) is 28.6 Å². The fraction of sp³-hybridized carbons (Fsp3) is 0.250. The molecule has 0 aliphatic heterocycles. The molecule has 0 bridgehead atoms. The Morgan fingerprint density at radius 3 is 2.55 bits per heavy atom. The van der Waals surface area contributed by atoms with Crippen molar-refractivity contribution in [3.8, 4) is 0 Å². The van der Waals surface area contributed by atoms with Crippen molar-refractivity contribution < 1.29 is 9.59 Å². The summed E-state index contributed by atoms with van der Waals surface area (Å²) >= 11 is 8.27. The number of thioether (sulfide) groups is 1. The van der Waals surface area contributed by atoms with Gasteiger partial charge in [-0.15, -0.1) is 22.9 Å². The number of halogens is 1. The highest BCUT2D eigenvalue weighted by Crippen LogP contribution is 2.34. The molecule has 8 heteroatoms. The molecule has 5 nitrogen and oxygen atoms in total. The number of nitrogens with two attached hydrogens (primary N) is 2. The van der Waals surface area contributed by atoms with Crippen LogP contribution >= 0.6 is 34.7 Å². The third-order valence-electron chi connectivity index (χ3n) is 2.68. The van der Waals surface area contributed by atoms with Gasteiger partial charge in [-0.05, 0) is 12.1 Å². The number of primary amides is 2. The number of nitrogens with zero attached hydrogens (tertiary/aromatic N) is 1. The number of alkyl halides is 1. The first-order valence-corrected chi connectivity index (χ1v) is 7.93. The van der Waals surface area contributed by atoms with E-state index in [2.05, 4.69) is 4.98 Å². The first-order valence-electron chi connectivity index (χ1n) is 5.69. The Balaban J connectivity index is 2.27. The summed E-state index contributed by atoms with van der Waals surface area (Å²) in [5.74, 6) is -2.14. The van der Waals surface area contributed by atoms with Crippen LogP contribution < -0.4 is 11.5 Å². The van der Waals surface area contributed by atoms with E-state index < -0.39 is 23.0 Å². The van der Waals surface area contributed by atoms with E-state index in [1.54, 1.807) is 0 Å². The van der Waals surface area contributed by atoms with Gasteiger partial charge in [0.1, 0.15) is 5.25 Å². The number of para-hydroxylation sites is 1. The van der Waals surface area contributed by atoms with Gasteiger partial charge in [0.05, 0.1) is 16.1 Å². The zero-order valence-corrected chi connectivity index (χ0v) is 12.7. The summed E-state index contributed by atoms with van der Waals surface area (Å²) in [5.41, 5.74) is 11.4. The minimum absolute atomic E-state index is 0.0547. The molecule has 0 fully saturated rings. The summed E-state index contributed by atoms with van der Waals surface area (Å²) in [6.07, 6.45) is 0. The van der Waals surface area contributed by atoms with E-state index in [1.807, 2.05) is 24.3 Å². The molecule has 0 aliphatic rings. The van der Waals surface area contributed by atoms with E-state index in [0.717, 1.165) is 22.0 Å². The van der Waals surface area contributed by atoms with Crippen molar-refractivity contribution >= 4 is 56.7 Å². The average molecular weight is 330 g/mol. The molecule has 0 saturated heterocycles. The maximum Gasteiger partial charge on any atom is 0.231 e. The van der Waals surface area contributed by atoms with Gasteiger partial charge in [0.25, 0.3) is 0 Å². The Morgan fingerprint density at radius 1 is 1.30 bits per heavy atom. The number of hydrogen-bond donors (Lipinski definition) is 2. The van der Waals surface area contributed by atoms with E-state index in [1.165, 1.54) is 11.3 Å². The van der Waals surface area contributed by atoms with Crippen LogP contribution in [-0.4, -0.2) is 27.9 Å². The van der Waals surface area contributed by atoms with Gasteiger partial charge in [0.15, 0.2) is 4.34 Å². The van der Waals surface area contributed by atoms with Gasteiger partial charge in [0, 0.05) is 5.88 Å². The van der Waals surface area contributed by atoms with Gasteiger partial charge in [-0.2, -0.15) is 0 Å². The van der Waals surface area contributed by atoms with Crippen LogP contribution in [0.5, 0.6) is 0 Å². The molecule has 1 heterocycles. The summed E-state index contributed by atoms with van der Waals surface area (Å²) < 4.78 is 1.66. The van der Waals surface area contributed by atoms with Crippen LogP contribution in [0.2, 0.25) is 0 Å². The van der Waals surface area contributed by atoms with Gasteiger partial charge < -0.3 is 11.5 Å². The lowest BCUT2D eigenvalue weighted by Gasteiger charge is -2.17. The molecule has 0 radical (unpaired) electrons. The molecule has 2 amide bonds. The van der Waals surface area contributed by atoms with Crippen molar-refractivity contribution in [1.82, 2.24) is 4.98 Å². The van der Waals surface area contributed by atoms with E-state index >= 15 is 0 Å². The predicted octanol–water partition coefficient (Wildman–Crippen LogP) is 1.58. The maximum absolute atomic E-state index is 11.5. The van der Waals surface area contributed by atoms with Gasteiger partial charge in [-0.25, -0.2) is 4.98 Å². The molecule has 1 aromatic carbocycles. The molecule has 0 saturated carbocycles. The van der Waals surface area contributed by atoms with Crippen molar-refractivity contribution in [2.45, 2.75) is 9.59 Å². The van der Waals surface area contributed by atoms with Crippen molar-refractivity contribution in [1.29, 1.82) is 0 Å². The van der Waals surface area contributed by atoms with Crippen LogP contribution in [0.3, 0.4) is 0 Å². The van der Waals surface area contributed by atoms with Crippen LogP contribution in [0.1, 0.15) is 0 Å². The zero-order chi connectivity index (χ0) is 14.7. The lowest BCUT2D eigenvalue weighted by molar-refractivity contribution is -0.125. The second-order valence-electron chi connectivity index (χ2n) is 4.05. The molecular formula is C12H12ClN3O2S2. The number of amides is 2. The number of rotatable bonds is 6. The molecular weight excluding hydrogens is 318 g/mol. The number of carbonyl (C=O) groups excluding carboxylic acids is 2. The van der Waals surface area contributed by atoms with Crippen molar-refractivity contribution in [3.63, 3.8) is 0 Å². The van der Waals surface area contributed by atoms with E-state index in [-0.39, 0.29) is 5.88 Å². The number of hydrogen-bond acceptors (Lipinski definition) is 5. The third-order valence-corrected chi connectivity index (χ3v) is 5.49. The SMILES string of the molecule is NC(=O)C(CCl)C(Sc1nc2ccccc2s1)C(N)=O. The summed E-state index contributed by atoms with van der Waals surface area (Å²) in [6, 6.07) is 7.60. The number of fused-ring (bicyclic) bond motifs is 1. The van der Waals surface area contributed by atoms with Gasteiger partial charge in [0.2, 0.25) is 11.8 Å². The highest BCUT2D eigenvalue weighted by atomic mass is 35.5. The van der Waals surface area contributed by atoms with Crippen molar-refractivity contribution in [2.75, 3.05) is 5.88 Å². The monoisotopic (exact) mass is 329 g/mol. The smallest absolute Gasteiger partial charge is 0.231 e. The molecule has 2 rings (SSSR count). The van der Waals surface area contributed by atoms with Crippen LogP contribution in [0.4, 0.5) is 0 Å². The molecule has 1 aromatic heterocycles. The summed E-state index contributed by atoms with van der Waals surface area (Å²) in [7, 11) is 0. The molecule has 0 aliphatic carbocycles. The van der Waals surface area contributed by atoms with E-state index in [4.69, 9.17) is 23.1 Å². The van der Waals surface area contributed by atoms with Crippen molar-refractivity contribution in [3.05, 3.63) is 24.3 Å². The fourth-order valence-corrected chi connectivity index (χ4v) is 4.44. The first-order chi connectivity index (χ1) is 9.52. The minimum Gasteiger partial charge on any atom is -0.369 e. The Hall–Kier alpha value is -1.31. The maximum atomic E-state index is 11.5. The number of carbonyl (C=O) groups is 2. The normalized spacial score (nSPS) is 14.1. The molecule has 4 N–H and O–H groups in total. The zero-order valence-electron chi connectivity index (χ0n) is 10.3. The summed E-state index contributed by atoms with van der Waals surface area (Å²) in [6.45, 7) is 0. The Morgan fingerprint density at radius 2 is 2.00 bits per heavy atom. The van der Waals surface area contributed by atoms with Crippen LogP contribution in [0, 0.1) is 5.92 Å². The average Bonchev–Trinajstić information content (AvgIpc) is 2.80. The molecule has 106 valence electrons. The second kappa shape index (κ2) is 6.43. The molecule has 20 heavy (non-hydrogen) atoms. The lowest BCUT2D eigenvalue weighted by Crippen LogP contribution is -2.41. The fourth-order valence-electron chi connectivity index (χ4n) is 1.65. The summed E-state index contributed by atoms with van der Waals surface area (Å²) in [5, 5.41) is -0.814.